The predicted molar refractivity (Wildman–Crippen MR) is 102 cm³/mol. The van der Waals surface area contributed by atoms with Gasteiger partial charge in [0.15, 0.2) is 0 Å². The smallest absolute Gasteiger partial charge is 0.289 e. The van der Waals surface area contributed by atoms with Crippen LogP contribution in [-0.2, 0) is 10.2 Å². The number of nitrogens with zero attached hydrogens (tertiary/aromatic N) is 1. The zero-order valence-corrected chi connectivity index (χ0v) is 15.0. The highest BCUT2D eigenvalue weighted by Crippen LogP contribution is 2.43. The van der Waals surface area contributed by atoms with Gasteiger partial charge in [-0.15, -0.1) is 0 Å². The summed E-state index contributed by atoms with van der Waals surface area (Å²) in [6, 6.07) is 14.6. The third kappa shape index (κ3) is 3.96. The molecule has 0 spiro atoms. The molecule has 3 rings (SSSR count). The van der Waals surface area contributed by atoms with Crippen LogP contribution in [-0.4, -0.2) is 23.9 Å². The summed E-state index contributed by atoms with van der Waals surface area (Å²) >= 11 is 5.79. The van der Waals surface area contributed by atoms with Crippen LogP contribution in [0.1, 0.15) is 24.8 Å². The summed E-state index contributed by atoms with van der Waals surface area (Å²) in [5, 5.41) is 16.9. The number of nitro benzene ring substituents is 1. The van der Waals surface area contributed by atoms with Crippen molar-refractivity contribution < 1.29 is 9.72 Å². The summed E-state index contributed by atoms with van der Waals surface area (Å²) in [6.07, 6.45) is 3.29. The predicted octanol–water partition coefficient (Wildman–Crippen LogP) is 3.90. The van der Waals surface area contributed by atoms with Gasteiger partial charge in [-0.25, -0.2) is 0 Å². The summed E-state index contributed by atoms with van der Waals surface area (Å²) in [5.74, 6) is -0.148. The molecule has 0 aromatic heterocycles. The van der Waals surface area contributed by atoms with Crippen molar-refractivity contribution in [2.45, 2.75) is 24.7 Å². The Morgan fingerprint density at radius 2 is 1.92 bits per heavy atom. The Labute approximate surface area is 156 Å². The molecule has 0 saturated heterocycles. The quantitative estimate of drug-likeness (QED) is 0.569. The third-order valence-corrected chi connectivity index (χ3v) is 5.24. The van der Waals surface area contributed by atoms with E-state index in [1.165, 1.54) is 17.7 Å². The Kier molecular flexibility index (Phi) is 5.42. The van der Waals surface area contributed by atoms with Gasteiger partial charge in [0, 0.05) is 23.7 Å². The zero-order chi connectivity index (χ0) is 18.6. The normalized spacial score (nSPS) is 15.0. The van der Waals surface area contributed by atoms with Crippen LogP contribution < -0.4 is 10.6 Å². The molecule has 0 aliphatic heterocycles. The van der Waals surface area contributed by atoms with E-state index in [-0.39, 0.29) is 28.6 Å². The summed E-state index contributed by atoms with van der Waals surface area (Å²) in [4.78, 5) is 22.6. The molecular formula is C19H20ClN3O3. The Hall–Kier alpha value is -2.60. The highest BCUT2D eigenvalue weighted by molar-refractivity contribution is 6.32. The average Bonchev–Trinajstić information content (AvgIpc) is 2.61. The fraction of sp³-hybridized carbons (Fsp3) is 0.316. The van der Waals surface area contributed by atoms with Crippen LogP contribution in [0.3, 0.4) is 0 Å². The number of carbonyl (C=O) groups excluding carboxylic acids is 1. The summed E-state index contributed by atoms with van der Waals surface area (Å²) in [6.45, 7) is 0.641. The minimum absolute atomic E-state index is 0.0238. The van der Waals surface area contributed by atoms with Gasteiger partial charge in [0.25, 0.3) is 5.69 Å². The molecule has 0 unspecified atom stereocenters. The molecule has 26 heavy (non-hydrogen) atoms. The van der Waals surface area contributed by atoms with E-state index in [2.05, 4.69) is 22.8 Å². The van der Waals surface area contributed by atoms with E-state index in [1.807, 2.05) is 18.2 Å². The van der Waals surface area contributed by atoms with Crippen molar-refractivity contribution in [2.75, 3.05) is 18.4 Å². The molecule has 1 saturated carbocycles. The highest BCUT2D eigenvalue weighted by atomic mass is 35.5. The number of anilines is 1. The topological polar surface area (TPSA) is 84.3 Å². The molecule has 136 valence electrons. The van der Waals surface area contributed by atoms with Gasteiger partial charge >= 0.3 is 0 Å². The number of amides is 1. The van der Waals surface area contributed by atoms with Crippen LogP contribution in [0, 0.1) is 10.1 Å². The standard InChI is InChI=1S/C19H20ClN3O3/c20-16-8-7-15(11-17(16)23(25)26)21-12-18(24)22-13-19(9-4-10-19)14-5-2-1-3-6-14/h1-3,5-8,11,21H,4,9-10,12-13H2,(H,22,24). The summed E-state index contributed by atoms with van der Waals surface area (Å²) in [5.41, 5.74) is 1.58. The molecule has 6 nitrogen and oxygen atoms in total. The van der Waals surface area contributed by atoms with Crippen LogP contribution in [0.15, 0.2) is 48.5 Å². The maximum absolute atomic E-state index is 12.2. The van der Waals surface area contributed by atoms with Crippen molar-refractivity contribution in [3.05, 3.63) is 69.2 Å². The Bertz CT molecular complexity index is 807. The molecular weight excluding hydrogens is 354 g/mol. The number of hydrogen-bond donors (Lipinski definition) is 2. The first-order valence-corrected chi connectivity index (χ1v) is 8.88. The van der Waals surface area contributed by atoms with Crippen molar-refractivity contribution >= 4 is 28.9 Å². The monoisotopic (exact) mass is 373 g/mol. The number of hydrogen-bond acceptors (Lipinski definition) is 4. The second-order valence-electron chi connectivity index (χ2n) is 6.55. The molecule has 1 amide bonds. The van der Waals surface area contributed by atoms with E-state index in [9.17, 15) is 14.9 Å². The average molecular weight is 374 g/mol. The molecule has 0 heterocycles. The SMILES string of the molecule is O=C(CNc1ccc(Cl)c([N+](=O)[O-])c1)NCC1(c2ccccc2)CCC1. The first kappa shape index (κ1) is 18.2. The Morgan fingerprint density at radius 3 is 2.54 bits per heavy atom. The van der Waals surface area contributed by atoms with Gasteiger partial charge in [-0.05, 0) is 30.5 Å². The van der Waals surface area contributed by atoms with Gasteiger partial charge in [-0.1, -0.05) is 48.4 Å². The van der Waals surface area contributed by atoms with Gasteiger partial charge in [0.05, 0.1) is 11.5 Å². The molecule has 1 aliphatic carbocycles. The first-order valence-electron chi connectivity index (χ1n) is 8.50. The lowest BCUT2D eigenvalue weighted by molar-refractivity contribution is -0.384. The molecule has 2 N–H and O–H groups in total. The number of carbonyl (C=O) groups is 1. The van der Waals surface area contributed by atoms with E-state index in [4.69, 9.17) is 11.6 Å². The van der Waals surface area contributed by atoms with E-state index < -0.39 is 4.92 Å². The van der Waals surface area contributed by atoms with Crippen molar-refractivity contribution in [1.29, 1.82) is 0 Å². The van der Waals surface area contributed by atoms with Crippen LogP contribution in [0.25, 0.3) is 0 Å². The van der Waals surface area contributed by atoms with E-state index in [0.29, 0.717) is 12.2 Å². The molecule has 7 heteroatoms. The molecule has 2 aromatic carbocycles. The Balaban J connectivity index is 1.55. The maximum atomic E-state index is 12.2. The van der Waals surface area contributed by atoms with Gasteiger partial charge in [-0.3, -0.25) is 14.9 Å². The van der Waals surface area contributed by atoms with Gasteiger partial charge < -0.3 is 10.6 Å². The van der Waals surface area contributed by atoms with Crippen LogP contribution in [0.5, 0.6) is 0 Å². The molecule has 0 atom stereocenters. The molecule has 0 bridgehead atoms. The van der Waals surface area contributed by atoms with E-state index in [0.717, 1.165) is 19.3 Å². The lowest BCUT2D eigenvalue weighted by Gasteiger charge is -2.42. The van der Waals surface area contributed by atoms with Crippen LogP contribution in [0.2, 0.25) is 5.02 Å². The number of nitro groups is 1. The van der Waals surface area contributed by atoms with Crippen molar-refractivity contribution in [3.8, 4) is 0 Å². The zero-order valence-electron chi connectivity index (χ0n) is 14.2. The molecule has 0 radical (unpaired) electrons. The van der Waals surface area contributed by atoms with Crippen molar-refractivity contribution in [3.63, 3.8) is 0 Å². The molecule has 1 fully saturated rings. The largest absolute Gasteiger partial charge is 0.376 e. The minimum Gasteiger partial charge on any atom is -0.376 e. The van der Waals surface area contributed by atoms with E-state index in [1.54, 1.807) is 6.07 Å². The summed E-state index contributed by atoms with van der Waals surface area (Å²) < 4.78 is 0. The molecule has 2 aromatic rings. The number of rotatable bonds is 7. The second-order valence-corrected chi connectivity index (χ2v) is 6.96. The maximum Gasteiger partial charge on any atom is 0.289 e. The highest BCUT2D eigenvalue weighted by Gasteiger charge is 2.38. The van der Waals surface area contributed by atoms with Crippen molar-refractivity contribution in [1.82, 2.24) is 5.32 Å². The van der Waals surface area contributed by atoms with Crippen LogP contribution in [0.4, 0.5) is 11.4 Å². The van der Waals surface area contributed by atoms with Crippen LogP contribution >= 0.6 is 11.6 Å². The third-order valence-electron chi connectivity index (χ3n) is 4.92. The Morgan fingerprint density at radius 1 is 1.19 bits per heavy atom. The lowest BCUT2D eigenvalue weighted by Crippen LogP contribution is -2.46. The van der Waals surface area contributed by atoms with Gasteiger partial charge in [0.1, 0.15) is 5.02 Å². The van der Waals surface area contributed by atoms with Gasteiger partial charge in [0.2, 0.25) is 5.91 Å². The van der Waals surface area contributed by atoms with Crippen molar-refractivity contribution in [2.24, 2.45) is 0 Å². The second kappa shape index (κ2) is 7.74. The number of benzene rings is 2. The fourth-order valence-corrected chi connectivity index (χ4v) is 3.42. The minimum atomic E-state index is -0.548. The number of halogens is 1. The fourth-order valence-electron chi connectivity index (χ4n) is 3.24. The molecule has 1 aliphatic rings. The summed E-state index contributed by atoms with van der Waals surface area (Å²) in [7, 11) is 0. The lowest BCUT2D eigenvalue weighted by atomic mass is 9.64. The van der Waals surface area contributed by atoms with E-state index >= 15 is 0 Å². The number of nitrogens with one attached hydrogen (secondary N) is 2. The first-order chi connectivity index (χ1) is 12.5. The van der Waals surface area contributed by atoms with Gasteiger partial charge in [-0.2, -0.15) is 0 Å².